The quantitative estimate of drug-likeness (QED) is 0.878. The van der Waals surface area contributed by atoms with Crippen molar-refractivity contribution in [2.75, 3.05) is 0 Å². The number of rotatable bonds is 4. The summed E-state index contributed by atoms with van der Waals surface area (Å²) in [6.45, 7) is 2.03. The number of pyridine rings is 1. The van der Waals surface area contributed by atoms with Gasteiger partial charge in [0.15, 0.2) is 0 Å². The average molecular weight is 256 g/mol. The Morgan fingerprint density at radius 2 is 1.84 bits per heavy atom. The van der Waals surface area contributed by atoms with Gasteiger partial charge in [-0.3, -0.25) is 9.78 Å². The molecule has 1 heterocycles. The van der Waals surface area contributed by atoms with Crippen LogP contribution < -0.4 is 5.32 Å². The van der Waals surface area contributed by atoms with Gasteiger partial charge in [0.25, 0.3) is 0 Å². The molecule has 0 fully saturated rings. The van der Waals surface area contributed by atoms with Gasteiger partial charge in [-0.05, 0) is 17.2 Å². The fraction of sp³-hybridized carbons (Fsp3) is 0.200. The Kier molecular flexibility index (Phi) is 4.26. The highest BCUT2D eigenvalue weighted by molar-refractivity contribution is 5.72. The maximum atomic E-state index is 10.8. The second-order valence-corrected chi connectivity index (χ2v) is 4.32. The lowest BCUT2D eigenvalue weighted by atomic mass is 10.1. The molecular weight excluding hydrogens is 240 g/mol. The number of hydrogen-bond acceptors (Lipinski definition) is 3. The summed E-state index contributed by atoms with van der Waals surface area (Å²) in [6.07, 6.45) is 1.76. The van der Waals surface area contributed by atoms with Gasteiger partial charge in [0.2, 0.25) is 5.91 Å². The van der Waals surface area contributed by atoms with E-state index in [4.69, 9.17) is 5.11 Å². The Morgan fingerprint density at radius 1 is 1.16 bits per heavy atom. The van der Waals surface area contributed by atoms with Gasteiger partial charge in [0, 0.05) is 25.2 Å². The number of carbonyl (C=O) groups excluding carboxylic acids is 1. The van der Waals surface area contributed by atoms with E-state index >= 15 is 0 Å². The Hall–Kier alpha value is -2.20. The van der Waals surface area contributed by atoms with Crippen LogP contribution in [0.4, 0.5) is 0 Å². The van der Waals surface area contributed by atoms with E-state index in [1.165, 1.54) is 6.92 Å². The van der Waals surface area contributed by atoms with Gasteiger partial charge in [0.1, 0.15) is 0 Å². The number of carbonyl (C=O) groups is 1. The van der Waals surface area contributed by atoms with Crippen molar-refractivity contribution in [3.05, 3.63) is 53.7 Å². The van der Waals surface area contributed by atoms with Crippen molar-refractivity contribution < 1.29 is 9.90 Å². The van der Waals surface area contributed by atoms with Gasteiger partial charge in [-0.25, -0.2) is 0 Å². The molecule has 0 saturated carbocycles. The molecular formula is C15H16N2O2. The molecule has 0 aliphatic heterocycles. The van der Waals surface area contributed by atoms with Crippen molar-refractivity contribution in [1.82, 2.24) is 10.3 Å². The first-order chi connectivity index (χ1) is 9.19. The third kappa shape index (κ3) is 3.63. The molecule has 0 unspecified atom stereocenters. The highest BCUT2D eigenvalue weighted by atomic mass is 16.3. The lowest BCUT2D eigenvalue weighted by Crippen LogP contribution is -2.18. The summed E-state index contributed by atoms with van der Waals surface area (Å²) < 4.78 is 0. The summed E-state index contributed by atoms with van der Waals surface area (Å²) in [5, 5.41) is 11.7. The number of aliphatic hydroxyl groups is 1. The molecule has 98 valence electrons. The third-order valence-corrected chi connectivity index (χ3v) is 2.80. The Balaban J connectivity index is 2.10. The molecule has 0 radical (unpaired) electrons. The van der Waals surface area contributed by atoms with Gasteiger partial charge < -0.3 is 10.4 Å². The van der Waals surface area contributed by atoms with Gasteiger partial charge >= 0.3 is 0 Å². The van der Waals surface area contributed by atoms with E-state index in [1.807, 2.05) is 36.4 Å². The van der Waals surface area contributed by atoms with Crippen LogP contribution in [0.2, 0.25) is 0 Å². The molecule has 1 aromatic heterocycles. The van der Waals surface area contributed by atoms with E-state index in [0.29, 0.717) is 6.54 Å². The Morgan fingerprint density at radius 3 is 2.37 bits per heavy atom. The maximum Gasteiger partial charge on any atom is 0.217 e. The summed E-state index contributed by atoms with van der Waals surface area (Å²) in [4.78, 5) is 15.2. The van der Waals surface area contributed by atoms with Crippen LogP contribution in [0.1, 0.15) is 18.1 Å². The van der Waals surface area contributed by atoms with Crippen LogP contribution in [0.25, 0.3) is 11.3 Å². The topological polar surface area (TPSA) is 62.2 Å². The monoisotopic (exact) mass is 256 g/mol. The fourth-order valence-electron chi connectivity index (χ4n) is 1.71. The molecule has 0 bridgehead atoms. The fourth-order valence-corrected chi connectivity index (χ4v) is 1.71. The average Bonchev–Trinajstić information content (AvgIpc) is 2.46. The van der Waals surface area contributed by atoms with Crippen LogP contribution in [-0.2, 0) is 17.9 Å². The minimum absolute atomic E-state index is 0.0450. The molecule has 1 aromatic carbocycles. The molecule has 1 amide bonds. The lowest BCUT2D eigenvalue weighted by molar-refractivity contribution is -0.119. The van der Waals surface area contributed by atoms with Crippen LogP contribution in [-0.4, -0.2) is 16.0 Å². The second kappa shape index (κ2) is 6.11. The van der Waals surface area contributed by atoms with Crippen LogP contribution in [0.5, 0.6) is 0 Å². The smallest absolute Gasteiger partial charge is 0.217 e. The first kappa shape index (κ1) is 13.2. The Labute approximate surface area is 112 Å². The summed E-state index contributed by atoms with van der Waals surface area (Å²) in [7, 11) is 0. The van der Waals surface area contributed by atoms with Gasteiger partial charge in [0.05, 0.1) is 12.3 Å². The van der Waals surface area contributed by atoms with Crippen LogP contribution >= 0.6 is 0 Å². The molecule has 19 heavy (non-hydrogen) atoms. The number of hydrogen-bond donors (Lipinski definition) is 2. The summed E-state index contributed by atoms with van der Waals surface area (Å²) in [5.74, 6) is -0.0522. The molecule has 2 aromatic rings. The van der Waals surface area contributed by atoms with Crippen LogP contribution in [0, 0.1) is 0 Å². The number of nitrogens with zero attached hydrogens (tertiary/aromatic N) is 1. The third-order valence-electron chi connectivity index (χ3n) is 2.80. The molecule has 0 aliphatic rings. The summed E-state index contributed by atoms with van der Waals surface area (Å²) in [6, 6.07) is 11.5. The first-order valence-electron chi connectivity index (χ1n) is 6.08. The predicted molar refractivity (Wildman–Crippen MR) is 73.1 cm³/mol. The van der Waals surface area contributed by atoms with Crippen molar-refractivity contribution in [3.8, 4) is 11.3 Å². The highest BCUT2D eigenvalue weighted by Crippen LogP contribution is 2.17. The molecule has 4 nitrogen and oxygen atoms in total. The zero-order valence-corrected chi connectivity index (χ0v) is 10.8. The normalized spacial score (nSPS) is 10.2. The van der Waals surface area contributed by atoms with E-state index in [9.17, 15) is 4.79 Å². The molecule has 0 saturated heterocycles. The minimum atomic E-state index is -0.0522. The molecule has 0 atom stereocenters. The number of nitrogens with one attached hydrogen (secondary N) is 1. The standard InChI is InChI=1S/C15H16N2O2/c1-11(19)16-8-13-4-7-15(17-9-13)14-5-2-12(10-18)3-6-14/h2-7,9,18H,8,10H2,1H3,(H,16,19). The van der Waals surface area contributed by atoms with Crippen LogP contribution in [0.15, 0.2) is 42.6 Å². The second-order valence-electron chi connectivity index (χ2n) is 4.32. The Bertz CT molecular complexity index is 547. The largest absolute Gasteiger partial charge is 0.392 e. The van der Waals surface area contributed by atoms with E-state index in [2.05, 4.69) is 10.3 Å². The van der Waals surface area contributed by atoms with Crippen molar-refractivity contribution in [2.24, 2.45) is 0 Å². The van der Waals surface area contributed by atoms with E-state index < -0.39 is 0 Å². The molecule has 4 heteroatoms. The van der Waals surface area contributed by atoms with Gasteiger partial charge in [-0.2, -0.15) is 0 Å². The van der Waals surface area contributed by atoms with Crippen molar-refractivity contribution in [3.63, 3.8) is 0 Å². The zero-order chi connectivity index (χ0) is 13.7. The number of amides is 1. The highest BCUT2D eigenvalue weighted by Gasteiger charge is 2.00. The van der Waals surface area contributed by atoms with E-state index in [-0.39, 0.29) is 12.5 Å². The summed E-state index contributed by atoms with van der Waals surface area (Å²) >= 11 is 0. The number of aromatic nitrogens is 1. The minimum Gasteiger partial charge on any atom is -0.392 e. The summed E-state index contributed by atoms with van der Waals surface area (Å²) in [5.41, 5.74) is 3.72. The maximum absolute atomic E-state index is 10.8. The SMILES string of the molecule is CC(=O)NCc1ccc(-c2ccc(CO)cc2)nc1. The lowest BCUT2D eigenvalue weighted by Gasteiger charge is -2.05. The van der Waals surface area contributed by atoms with Crippen molar-refractivity contribution >= 4 is 5.91 Å². The van der Waals surface area contributed by atoms with Crippen LogP contribution in [0.3, 0.4) is 0 Å². The van der Waals surface area contributed by atoms with Gasteiger partial charge in [-0.1, -0.05) is 30.3 Å². The van der Waals surface area contributed by atoms with E-state index in [1.54, 1.807) is 6.20 Å². The first-order valence-corrected chi connectivity index (χ1v) is 6.08. The molecule has 2 N–H and O–H groups in total. The van der Waals surface area contributed by atoms with Crippen molar-refractivity contribution in [1.29, 1.82) is 0 Å². The van der Waals surface area contributed by atoms with E-state index in [0.717, 1.165) is 22.4 Å². The predicted octanol–water partition coefficient (Wildman–Crippen LogP) is 1.88. The number of benzene rings is 1. The van der Waals surface area contributed by atoms with Gasteiger partial charge in [-0.15, -0.1) is 0 Å². The molecule has 2 rings (SSSR count). The zero-order valence-electron chi connectivity index (χ0n) is 10.8. The molecule has 0 aliphatic carbocycles. The van der Waals surface area contributed by atoms with Crippen molar-refractivity contribution in [2.45, 2.75) is 20.1 Å². The molecule has 0 spiro atoms. The number of aliphatic hydroxyl groups excluding tert-OH is 1.